The first-order chi connectivity index (χ1) is 9.63. The molecule has 0 aromatic carbocycles. The van der Waals surface area contributed by atoms with Crippen molar-refractivity contribution in [3.05, 3.63) is 0 Å². The SMILES string of the molecule is CC#CC1CCC(CC2CCC(CC)C(C)C2)CC1C. The minimum Gasteiger partial charge on any atom is -0.106 e. The van der Waals surface area contributed by atoms with Crippen molar-refractivity contribution in [1.82, 2.24) is 0 Å². The highest BCUT2D eigenvalue weighted by atomic mass is 14.4. The van der Waals surface area contributed by atoms with Crippen LogP contribution in [0.15, 0.2) is 0 Å². The largest absolute Gasteiger partial charge is 0.106 e. The monoisotopic (exact) mass is 274 g/mol. The van der Waals surface area contributed by atoms with Gasteiger partial charge in [-0.05, 0) is 75.0 Å². The molecule has 0 heterocycles. The molecule has 0 aliphatic heterocycles. The van der Waals surface area contributed by atoms with E-state index in [1.807, 2.05) is 6.92 Å². The van der Waals surface area contributed by atoms with Crippen molar-refractivity contribution < 1.29 is 0 Å². The van der Waals surface area contributed by atoms with Gasteiger partial charge in [-0.3, -0.25) is 0 Å². The average molecular weight is 274 g/mol. The fourth-order valence-electron chi connectivity index (χ4n) is 4.98. The highest BCUT2D eigenvalue weighted by Crippen LogP contribution is 2.42. The third-order valence-corrected chi connectivity index (χ3v) is 6.25. The lowest BCUT2D eigenvalue weighted by molar-refractivity contribution is 0.139. The summed E-state index contributed by atoms with van der Waals surface area (Å²) in [6.45, 7) is 9.29. The van der Waals surface area contributed by atoms with E-state index in [0.29, 0.717) is 5.92 Å². The Kier molecular flexibility index (Phi) is 6.01. The van der Waals surface area contributed by atoms with Crippen LogP contribution in [-0.2, 0) is 0 Å². The van der Waals surface area contributed by atoms with Gasteiger partial charge in [0, 0.05) is 5.92 Å². The van der Waals surface area contributed by atoms with Crippen molar-refractivity contribution in [1.29, 1.82) is 0 Å². The van der Waals surface area contributed by atoms with Gasteiger partial charge in [0.25, 0.3) is 0 Å². The lowest BCUT2D eigenvalue weighted by Gasteiger charge is -2.38. The Morgan fingerprint density at radius 1 is 0.900 bits per heavy atom. The van der Waals surface area contributed by atoms with Gasteiger partial charge in [-0.25, -0.2) is 0 Å². The predicted octanol–water partition coefficient (Wildman–Crippen LogP) is 5.91. The zero-order chi connectivity index (χ0) is 14.5. The molecule has 0 amide bonds. The smallest absolute Gasteiger partial charge is 0.0228 e. The number of hydrogen-bond acceptors (Lipinski definition) is 0. The topological polar surface area (TPSA) is 0 Å². The first-order valence-electron chi connectivity index (χ1n) is 9.06. The quantitative estimate of drug-likeness (QED) is 0.561. The zero-order valence-electron chi connectivity index (χ0n) is 14.1. The molecule has 6 unspecified atom stereocenters. The van der Waals surface area contributed by atoms with Gasteiger partial charge in [-0.1, -0.05) is 39.5 Å². The van der Waals surface area contributed by atoms with Gasteiger partial charge < -0.3 is 0 Å². The molecule has 0 N–H and O–H groups in total. The number of hydrogen-bond donors (Lipinski definition) is 0. The van der Waals surface area contributed by atoms with Crippen LogP contribution in [0, 0.1) is 47.3 Å². The molecule has 2 rings (SSSR count). The van der Waals surface area contributed by atoms with Crippen LogP contribution in [0.25, 0.3) is 0 Å². The Hall–Kier alpha value is -0.440. The predicted molar refractivity (Wildman–Crippen MR) is 88.3 cm³/mol. The second-order valence-electron chi connectivity index (χ2n) is 7.72. The van der Waals surface area contributed by atoms with Crippen LogP contribution in [0.2, 0.25) is 0 Å². The molecular weight excluding hydrogens is 240 g/mol. The van der Waals surface area contributed by atoms with Gasteiger partial charge in [0.1, 0.15) is 0 Å². The Bertz CT molecular complexity index is 345. The summed E-state index contributed by atoms with van der Waals surface area (Å²) >= 11 is 0. The van der Waals surface area contributed by atoms with Gasteiger partial charge >= 0.3 is 0 Å². The first kappa shape index (κ1) is 15.9. The van der Waals surface area contributed by atoms with Crippen LogP contribution in [0.1, 0.15) is 79.1 Å². The van der Waals surface area contributed by atoms with E-state index in [2.05, 4.69) is 32.6 Å². The van der Waals surface area contributed by atoms with Crippen LogP contribution in [0.5, 0.6) is 0 Å². The minimum absolute atomic E-state index is 0.686. The van der Waals surface area contributed by atoms with Gasteiger partial charge in [0.2, 0.25) is 0 Å². The molecule has 0 saturated heterocycles. The molecule has 0 aromatic heterocycles. The summed E-state index contributed by atoms with van der Waals surface area (Å²) in [5.41, 5.74) is 0. The van der Waals surface area contributed by atoms with Crippen molar-refractivity contribution >= 4 is 0 Å². The van der Waals surface area contributed by atoms with Crippen LogP contribution in [-0.4, -0.2) is 0 Å². The minimum atomic E-state index is 0.686. The molecule has 0 nitrogen and oxygen atoms in total. The summed E-state index contributed by atoms with van der Waals surface area (Å²) in [5.74, 6) is 12.1. The Morgan fingerprint density at radius 3 is 2.10 bits per heavy atom. The normalized spacial score (nSPS) is 41.8. The second-order valence-corrected chi connectivity index (χ2v) is 7.72. The first-order valence-corrected chi connectivity index (χ1v) is 9.06. The summed E-state index contributed by atoms with van der Waals surface area (Å²) in [7, 11) is 0. The van der Waals surface area contributed by atoms with E-state index in [0.717, 1.165) is 29.6 Å². The maximum atomic E-state index is 3.43. The van der Waals surface area contributed by atoms with Gasteiger partial charge in [0.05, 0.1) is 0 Å². The zero-order valence-corrected chi connectivity index (χ0v) is 14.1. The highest BCUT2D eigenvalue weighted by molar-refractivity contribution is 5.04. The van der Waals surface area contributed by atoms with E-state index in [9.17, 15) is 0 Å². The number of rotatable bonds is 3. The lowest BCUT2D eigenvalue weighted by atomic mass is 9.67. The molecule has 0 radical (unpaired) electrons. The summed E-state index contributed by atoms with van der Waals surface area (Å²) in [5, 5.41) is 0. The standard InChI is InChI=1S/C20H34/c1-5-7-20-11-9-18(13-16(20)4)14-17-8-10-19(6-2)15(3)12-17/h15-20H,6,8-14H2,1-4H3. The van der Waals surface area contributed by atoms with Crippen molar-refractivity contribution in [2.75, 3.05) is 0 Å². The van der Waals surface area contributed by atoms with E-state index in [4.69, 9.17) is 0 Å². The molecule has 2 fully saturated rings. The Morgan fingerprint density at radius 2 is 1.55 bits per heavy atom. The van der Waals surface area contributed by atoms with Crippen molar-refractivity contribution in [2.45, 2.75) is 79.1 Å². The third-order valence-electron chi connectivity index (χ3n) is 6.25. The van der Waals surface area contributed by atoms with E-state index >= 15 is 0 Å². The summed E-state index contributed by atoms with van der Waals surface area (Å²) in [4.78, 5) is 0. The van der Waals surface area contributed by atoms with Crippen molar-refractivity contribution in [2.24, 2.45) is 35.5 Å². The summed E-state index contributed by atoms with van der Waals surface area (Å²) in [6, 6.07) is 0. The van der Waals surface area contributed by atoms with Gasteiger partial charge in [-0.15, -0.1) is 5.92 Å². The third kappa shape index (κ3) is 4.03. The molecule has 6 atom stereocenters. The molecule has 0 spiro atoms. The van der Waals surface area contributed by atoms with E-state index in [-0.39, 0.29) is 0 Å². The van der Waals surface area contributed by atoms with E-state index in [1.165, 1.54) is 51.4 Å². The fourth-order valence-corrected chi connectivity index (χ4v) is 4.98. The maximum absolute atomic E-state index is 3.43. The Labute approximate surface area is 127 Å². The molecule has 0 aromatic rings. The second kappa shape index (κ2) is 7.53. The van der Waals surface area contributed by atoms with Gasteiger partial charge in [-0.2, -0.15) is 0 Å². The molecule has 2 aliphatic carbocycles. The average Bonchev–Trinajstić information content (AvgIpc) is 2.42. The van der Waals surface area contributed by atoms with Crippen molar-refractivity contribution in [3.8, 4) is 11.8 Å². The maximum Gasteiger partial charge on any atom is 0.0228 e. The summed E-state index contributed by atoms with van der Waals surface area (Å²) in [6.07, 6.45) is 11.6. The molecule has 2 aliphatic rings. The molecule has 0 heteroatoms. The molecule has 2 saturated carbocycles. The lowest BCUT2D eigenvalue weighted by Crippen LogP contribution is -2.27. The fraction of sp³-hybridized carbons (Fsp3) is 0.900. The van der Waals surface area contributed by atoms with Gasteiger partial charge in [0.15, 0.2) is 0 Å². The highest BCUT2D eigenvalue weighted by Gasteiger charge is 2.31. The van der Waals surface area contributed by atoms with Crippen molar-refractivity contribution in [3.63, 3.8) is 0 Å². The van der Waals surface area contributed by atoms with Crippen LogP contribution in [0.4, 0.5) is 0 Å². The molecule has 0 bridgehead atoms. The van der Waals surface area contributed by atoms with Crippen LogP contribution < -0.4 is 0 Å². The molecule has 114 valence electrons. The molecule has 20 heavy (non-hydrogen) atoms. The van der Waals surface area contributed by atoms with Crippen LogP contribution >= 0.6 is 0 Å². The Balaban J connectivity index is 1.79. The summed E-state index contributed by atoms with van der Waals surface area (Å²) < 4.78 is 0. The van der Waals surface area contributed by atoms with E-state index in [1.54, 1.807) is 0 Å². The molecular formula is C20H34. The van der Waals surface area contributed by atoms with Crippen LogP contribution in [0.3, 0.4) is 0 Å². The van der Waals surface area contributed by atoms with E-state index < -0.39 is 0 Å².